The molecule has 0 saturated carbocycles. The molecule has 164 valence electrons. The molecule has 0 aliphatic carbocycles. The van der Waals surface area contributed by atoms with Crippen LogP contribution in [0.1, 0.15) is 10.4 Å². The van der Waals surface area contributed by atoms with E-state index >= 15 is 0 Å². The molecule has 0 radical (unpaired) electrons. The molecule has 0 aliphatic rings. The van der Waals surface area contributed by atoms with Crippen LogP contribution in [0.3, 0.4) is 0 Å². The van der Waals surface area contributed by atoms with Crippen molar-refractivity contribution >= 4 is 61.8 Å². The maximum absolute atomic E-state index is 14.1. The number of anilines is 1. The number of amides is 1. The smallest absolute Gasteiger partial charge is 0.442 e. The van der Waals surface area contributed by atoms with Crippen LogP contribution in [-0.2, 0) is 9.53 Å². The van der Waals surface area contributed by atoms with Crippen molar-refractivity contribution in [2.24, 2.45) is 0 Å². The van der Waals surface area contributed by atoms with Crippen LogP contribution in [0.2, 0.25) is 10.0 Å². The number of aromatic nitrogens is 1. The fourth-order valence-corrected chi connectivity index (χ4v) is 4.01. The van der Waals surface area contributed by atoms with Gasteiger partial charge in [0.2, 0.25) is 0 Å². The molecule has 0 fully saturated rings. The van der Waals surface area contributed by atoms with Gasteiger partial charge in [-0.1, -0.05) is 34.5 Å². The Morgan fingerprint density at radius 2 is 1.84 bits per heavy atom. The van der Waals surface area contributed by atoms with Gasteiger partial charge in [0.25, 0.3) is 5.91 Å². The Morgan fingerprint density at radius 3 is 2.45 bits per heavy atom. The summed E-state index contributed by atoms with van der Waals surface area (Å²) in [6.45, 7) is 0. The average molecular weight is 496 g/mol. The molecule has 2 N–H and O–H groups in total. The zero-order valence-electron chi connectivity index (χ0n) is 15.3. The molecular weight excluding hydrogens is 485 g/mol. The van der Waals surface area contributed by atoms with Crippen LogP contribution in [0.4, 0.5) is 22.7 Å². The van der Waals surface area contributed by atoms with Crippen LogP contribution >= 0.6 is 34.5 Å². The minimum atomic E-state index is -5.38. The highest BCUT2D eigenvalue weighted by Crippen LogP contribution is 2.36. The maximum Gasteiger partial charge on any atom is 0.442 e. The van der Waals surface area contributed by atoms with Gasteiger partial charge in [-0.05, 0) is 36.4 Å². The fourth-order valence-electron chi connectivity index (χ4n) is 2.57. The molecule has 0 aliphatic heterocycles. The summed E-state index contributed by atoms with van der Waals surface area (Å²) in [6, 6.07) is 6.89. The van der Waals surface area contributed by atoms with Crippen molar-refractivity contribution in [3.63, 3.8) is 0 Å². The predicted molar refractivity (Wildman–Crippen MR) is 108 cm³/mol. The molecule has 1 aromatic heterocycles. The Morgan fingerprint density at radius 1 is 1.13 bits per heavy atom. The minimum Gasteiger partial charge on any atom is -0.466 e. The lowest BCUT2D eigenvalue weighted by Crippen LogP contribution is -2.69. The number of fused-ring (bicyclic) bond motifs is 1. The molecule has 13 heteroatoms. The topological polar surface area (TPSA) is 80.3 Å². The van der Waals surface area contributed by atoms with E-state index in [9.17, 15) is 27.2 Å². The van der Waals surface area contributed by atoms with Crippen molar-refractivity contribution in [2.45, 2.75) is 11.8 Å². The van der Waals surface area contributed by atoms with E-state index in [1.165, 1.54) is 12.1 Å². The molecule has 1 amide bonds. The lowest BCUT2D eigenvalue weighted by Gasteiger charge is -2.34. The number of thiazole rings is 1. The molecule has 0 saturated heterocycles. The summed E-state index contributed by atoms with van der Waals surface area (Å²) in [5.74, 6) is -3.81. The molecule has 31 heavy (non-hydrogen) atoms. The molecule has 3 rings (SSSR count). The first-order valence-electron chi connectivity index (χ1n) is 8.24. The molecular formula is C18H11Cl2F4N3O3S. The third kappa shape index (κ3) is 4.53. The van der Waals surface area contributed by atoms with Gasteiger partial charge in [0.05, 0.1) is 27.9 Å². The zero-order valence-corrected chi connectivity index (χ0v) is 17.6. The van der Waals surface area contributed by atoms with Crippen molar-refractivity contribution < 1.29 is 31.9 Å². The number of carbonyl (C=O) groups excluding carboxylic acids is 2. The summed E-state index contributed by atoms with van der Waals surface area (Å²) in [6.07, 6.45) is -5.38. The number of nitrogens with one attached hydrogen (secondary N) is 2. The van der Waals surface area contributed by atoms with Crippen LogP contribution in [0.15, 0.2) is 36.4 Å². The van der Waals surface area contributed by atoms with E-state index in [0.29, 0.717) is 11.3 Å². The van der Waals surface area contributed by atoms with E-state index in [1.807, 2.05) is 5.32 Å². The van der Waals surface area contributed by atoms with Gasteiger partial charge in [-0.3, -0.25) is 4.79 Å². The fraction of sp³-hybridized carbons (Fsp3) is 0.167. The van der Waals surface area contributed by atoms with Gasteiger partial charge < -0.3 is 15.4 Å². The number of ether oxygens (including phenoxy) is 1. The molecule has 6 nitrogen and oxygen atoms in total. The molecule has 1 atom stereocenters. The van der Waals surface area contributed by atoms with Crippen molar-refractivity contribution in [3.8, 4) is 0 Å². The Labute approximate surface area is 186 Å². The average Bonchev–Trinajstić information content (AvgIpc) is 3.06. The number of halogens is 6. The normalized spacial score (nSPS) is 13.5. The van der Waals surface area contributed by atoms with E-state index in [4.69, 9.17) is 23.2 Å². The standard InChI is InChI=1S/C18H11Cl2F4N3O3S/c1-30-15(29)17(18(22,23)24,26-14(28)10-4-2-8(19)6-11(10)20)27-16-25-12-5-3-9(21)7-13(12)31-16/h2-7H,1H3,(H,25,27)(H,26,28)/t17-/m1/s1. The molecule has 1 heterocycles. The van der Waals surface area contributed by atoms with Gasteiger partial charge in [0, 0.05) is 5.02 Å². The number of hydrogen-bond acceptors (Lipinski definition) is 6. The van der Waals surface area contributed by atoms with Crippen LogP contribution in [-0.4, -0.2) is 35.8 Å². The van der Waals surface area contributed by atoms with Crippen LogP contribution in [0, 0.1) is 5.82 Å². The number of esters is 1. The number of carbonyl (C=O) groups is 2. The van der Waals surface area contributed by atoms with Gasteiger partial charge in [-0.2, -0.15) is 13.2 Å². The highest BCUT2D eigenvalue weighted by Gasteiger charge is 2.64. The first kappa shape index (κ1) is 23.0. The first-order chi connectivity index (χ1) is 14.5. The summed E-state index contributed by atoms with van der Waals surface area (Å²) < 4.78 is 60.4. The second kappa shape index (κ2) is 8.48. The molecule has 0 spiro atoms. The third-order valence-electron chi connectivity index (χ3n) is 4.04. The Balaban J connectivity index is 2.07. The minimum absolute atomic E-state index is 0.149. The summed E-state index contributed by atoms with van der Waals surface area (Å²) in [5, 5.41) is 3.03. The number of benzene rings is 2. The molecule has 0 bridgehead atoms. The van der Waals surface area contributed by atoms with Crippen LogP contribution in [0.25, 0.3) is 10.2 Å². The highest BCUT2D eigenvalue weighted by molar-refractivity contribution is 7.22. The summed E-state index contributed by atoms with van der Waals surface area (Å²) in [5.41, 5.74) is -3.90. The Bertz CT molecular complexity index is 1170. The molecule has 2 aromatic carbocycles. The highest BCUT2D eigenvalue weighted by atomic mass is 35.5. The molecule has 0 unspecified atom stereocenters. The van der Waals surface area contributed by atoms with Crippen LogP contribution in [0.5, 0.6) is 0 Å². The summed E-state index contributed by atoms with van der Waals surface area (Å²) in [7, 11) is 0.722. The Kier molecular flexibility index (Phi) is 6.30. The van der Waals surface area contributed by atoms with Crippen molar-refractivity contribution in [2.75, 3.05) is 12.4 Å². The quantitative estimate of drug-likeness (QED) is 0.295. The molecule has 3 aromatic rings. The van der Waals surface area contributed by atoms with Crippen molar-refractivity contribution in [1.29, 1.82) is 0 Å². The van der Waals surface area contributed by atoms with Crippen molar-refractivity contribution in [1.82, 2.24) is 10.3 Å². The number of alkyl halides is 3. The van der Waals surface area contributed by atoms with Gasteiger partial charge >= 0.3 is 17.8 Å². The summed E-state index contributed by atoms with van der Waals surface area (Å²) >= 11 is 12.3. The van der Waals surface area contributed by atoms with Crippen molar-refractivity contribution in [3.05, 3.63) is 57.8 Å². The van der Waals surface area contributed by atoms with Gasteiger partial charge in [-0.15, -0.1) is 0 Å². The predicted octanol–water partition coefficient (Wildman–Crippen LogP) is 5.02. The van der Waals surface area contributed by atoms with E-state index in [1.54, 1.807) is 5.32 Å². The lowest BCUT2D eigenvalue weighted by molar-refractivity contribution is -0.203. The number of nitrogens with zero attached hydrogens (tertiary/aromatic N) is 1. The monoisotopic (exact) mass is 495 g/mol. The zero-order chi connectivity index (χ0) is 23.0. The number of rotatable bonds is 5. The maximum atomic E-state index is 14.1. The number of hydrogen-bond donors (Lipinski definition) is 2. The lowest BCUT2D eigenvalue weighted by atomic mass is 10.1. The second-order valence-electron chi connectivity index (χ2n) is 6.07. The first-order valence-corrected chi connectivity index (χ1v) is 9.81. The second-order valence-corrected chi connectivity index (χ2v) is 7.95. The largest absolute Gasteiger partial charge is 0.466 e. The number of methoxy groups -OCH3 is 1. The van der Waals surface area contributed by atoms with E-state index < -0.39 is 34.7 Å². The van der Waals surface area contributed by atoms with E-state index in [-0.39, 0.29) is 25.8 Å². The van der Waals surface area contributed by atoms with Gasteiger partial charge in [0.1, 0.15) is 5.82 Å². The SMILES string of the molecule is COC(=O)[C@@](NC(=O)c1ccc(Cl)cc1Cl)(Nc1nc2ccc(F)cc2s1)C(F)(F)F. The van der Waals surface area contributed by atoms with Gasteiger partial charge in [-0.25, -0.2) is 14.2 Å². The Hall–Kier alpha value is -2.63. The van der Waals surface area contributed by atoms with E-state index in [0.717, 1.165) is 31.4 Å². The summed E-state index contributed by atoms with van der Waals surface area (Å²) in [4.78, 5) is 28.8. The van der Waals surface area contributed by atoms with Crippen LogP contribution < -0.4 is 10.6 Å². The van der Waals surface area contributed by atoms with E-state index in [2.05, 4.69) is 9.72 Å². The third-order valence-corrected chi connectivity index (χ3v) is 5.52. The van der Waals surface area contributed by atoms with Gasteiger partial charge in [0.15, 0.2) is 5.13 Å².